The maximum absolute atomic E-state index is 5.51. The van der Waals surface area contributed by atoms with Crippen LogP contribution >= 0.6 is 0 Å². The van der Waals surface area contributed by atoms with E-state index < -0.39 is 0 Å². The Morgan fingerprint density at radius 3 is 3.19 bits per heavy atom. The molecule has 0 bridgehead atoms. The minimum atomic E-state index is 0.615. The summed E-state index contributed by atoms with van der Waals surface area (Å²) in [5.74, 6) is 1.18. The Hall–Kier alpha value is -1.13. The first kappa shape index (κ1) is 11.4. The van der Waals surface area contributed by atoms with Gasteiger partial charge in [0.2, 0.25) is 0 Å². The number of rotatable bonds is 5. The van der Waals surface area contributed by atoms with Gasteiger partial charge in [-0.2, -0.15) is 0 Å². The van der Waals surface area contributed by atoms with Gasteiger partial charge in [0.25, 0.3) is 0 Å². The number of aromatic nitrogens is 2. The fourth-order valence-corrected chi connectivity index (χ4v) is 2.07. The SMILES string of the molecule is C=C(CN)CCCN1CCn2ccnc2C1. The summed E-state index contributed by atoms with van der Waals surface area (Å²) < 4.78 is 2.23. The number of nitrogens with two attached hydrogens (primary N) is 1. The van der Waals surface area contributed by atoms with Crippen LogP contribution in [0.3, 0.4) is 0 Å². The molecule has 1 aromatic rings. The van der Waals surface area contributed by atoms with Gasteiger partial charge in [-0.05, 0) is 19.4 Å². The van der Waals surface area contributed by atoms with E-state index in [-0.39, 0.29) is 0 Å². The zero-order valence-electron chi connectivity index (χ0n) is 9.73. The minimum Gasteiger partial charge on any atom is -0.333 e. The van der Waals surface area contributed by atoms with Crippen LogP contribution in [0, 0.1) is 0 Å². The van der Waals surface area contributed by atoms with Crippen molar-refractivity contribution in [2.24, 2.45) is 5.73 Å². The number of imidazole rings is 1. The first-order valence-corrected chi connectivity index (χ1v) is 5.88. The van der Waals surface area contributed by atoms with Crippen molar-refractivity contribution < 1.29 is 0 Å². The Balaban J connectivity index is 1.75. The predicted molar refractivity (Wildman–Crippen MR) is 64.9 cm³/mol. The lowest BCUT2D eigenvalue weighted by Gasteiger charge is -2.27. The van der Waals surface area contributed by atoms with Crippen LogP contribution in [0.2, 0.25) is 0 Å². The van der Waals surface area contributed by atoms with Crippen LogP contribution in [0.4, 0.5) is 0 Å². The molecule has 2 rings (SSSR count). The highest BCUT2D eigenvalue weighted by Crippen LogP contribution is 2.11. The standard InChI is InChI=1S/C12H20N4/c1-11(9-13)3-2-5-15-7-8-16-6-4-14-12(16)10-15/h4,6H,1-3,5,7-10,13H2. The van der Waals surface area contributed by atoms with E-state index in [9.17, 15) is 0 Å². The van der Waals surface area contributed by atoms with Crippen LogP contribution in [0.25, 0.3) is 0 Å². The van der Waals surface area contributed by atoms with E-state index in [0.29, 0.717) is 6.54 Å². The number of hydrogen-bond donors (Lipinski definition) is 1. The molecule has 16 heavy (non-hydrogen) atoms. The van der Waals surface area contributed by atoms with Gasteiger partial charge in [-0.15, -0.1) is 0 Å². The molecule has 0 aromatic carbocycles. The van der Waals surface area contributed by atoms with Crippen molar-refractivity contribution >= 4 is 0 Å². The van der Waals surface area contributed by atoms with Crippen LogP contribution in [0.5, 0.6) is 0 Å². The summed E-state index contributed by atoms with van der Waals surface area (Å²) >= 11 is 0. The second-order valence-electron chi connectivity index (χ2n) is 4.37. The van der Waals surface area contributed by atoms with Gasteiger partial charge < -0.3 is 10.3 Å². The normalized spacial score (nSPS) is 16.1. The maximum atomic E-state index is 5.51. The predicted octanol–water partition coefficient (Wildman–Crippen LogP) is 0.994. The van der Waals surface area contributed by atoms with Crippen molar-refractivity contribution in [3.63, 3.8) is 0 Å². The fourth-order valence-electron chi connectivity index (χ4n) is 2.07. The first-order chi connectivity index (χ1) is 7.79. The third-order valence-electron chi connectivity index (χ3n) is 3.12. The summed E-state index contributed by atoms with van der Waals surface area (Å²) in [4.78, 5) is 6.80. The summed E-state index contributed by atoms with van der Waals surface area (Å²) in [7, 11) is 0. The Labute approximate surface area is 96.8 Å². The van der Waals surface area contributed by atoms with Crippen LogP contribution in [-0.4, -0.2) is 34.1 Å². The second kappa shape index (κ2) is 5.27. The molecule has 0 unspecified atom stereocenters. The van der Waals surface area contributed by atoms with E-state index in [1.807, 2.05) is 6.20 Å². The third-order valence-corrected chi connectivity index (χ3v) is 3.12. The summed E-state index contributed by atoms with van der Waals surface area (Å²) in [6.45, 7) is 8.82. The van der Waals surface area contributed by atoms with Crippen LogP contribution in [-0.2, 0) is 13.1 Å². The van der Waals surface area contributed by atoms with Crippen molar-refractivity contribution in [2.75, 3.05) is 19.6 Å². The first-order valence-electron chi connectivity index (χ1n) is 5.88. The molecule has 0 saturated heterocycles. The molecule has 1 aliphatic rings. The number of nitrogens with zero attached hydrogens (tertiary/aromatic N) is 3. The molecule has 4 heteroatoms. The highest BCUT2D eigenvalue weighted by atomic mass is 15.2. The van der Waals surface area contributed by atoms with Gasteiger partial charge in [0.15, 0.2) is 0 Å². The van der Waals surface area contributed by atoms with Crippen molar-refractivity contribution in [2.45, 2.75) is 25.9 Å². The van der Waals surface area contributed by atoms with E-state index in [0.717, 1.165) is 44.6 Å². The van der Waals surface area contributed by atoms with Gasteiger partial charge in [0.05, 0.1) is 6.54 Å². The van der Waals surface area contributed by atoms with Crippen LogP contribution < -0.4 is 5.73 Å². The van der Waals surface area contributed by atoms with E-state index >= 15 is 0 Å². The number of fused-ring (bicyclic) bond motifs is 1. The summed E-state index contributed by atoms with van der Waals surface area (Å²) in [6.07, 6.45) is 6.14. The van der Waals surface area contributed by atoms with E-state index in [4.69, 9.17) is 5.73 Å². The van der Waals surface area contributed by atoms with Gasteiger partial charge in [0, 0.05) is 32.0 Å². The quantitative estimate of drug-likeness (QED) is 0.753. The molecule has 2 heterocycles. The molecule has 0 aliphatic carbocycles. The molecule has 1 aromatic heterocycles. The van der Waals surface area contributed by atoms with E-state index in [2.05, 4.69) is 27.2 Å². The Morgan fingerprint density at radius 2 is 2.38 bits per heavy atom. The topological polar surface area (TPSA) is 47.1 Å². The zero-order chi connectivity index (χ0) is 11.4. The summed E-state index contributed by atoms with van der Waals surface area (Å²) in [5.41, 5.74) is 6.67. The zero-order valence-corrected chi connectivity index (χ0v) is 9.73. The van der Waals surface area contributed by atoms with Gasteiger partial charge in [-0.3, -0.25) is 4.90 Å². The highest BCUT2D eigenvalue weighted by molar-refractivity contribution is 4.97. The Morgan fingerprint density at radius 1 is 1.50 bits per heavy atom. The lowest BCUT2D eigenvalue weighted by molar-refractivity contribution is 0.215. The van der Waals surface area contributed by atoms with Crippen LogP contribution in [0.1, 0.15) is 18.7 Å². The molecule has 0 amide bonds. The molecule has 0 saturated carbocycles. The molecule has 0 fully saturated rings. The molecular weight excluding hydrogens is 200 g/mol. The summed E-state index contributed by atoms with van der Waals surface area (Å²) in [6, 6.07) is 0. The van der Waals surface area contributed by atoms with Gasteiger partial charge in [-0.25, -0.2) is 4.98 Å². The smallest absolute Gasteiger partial charge is 0.122 e. The fraction of sp³-hybridized carbons (Fsp3) is 0.583. The van der Waals surface area contributed by atoms with Crippen molar-refractivity contribution in [3.8, 4) is 0 Å². The minimum absolute atomic E-state index is 0.615. The molecule has 0 spiro atoms. The average Bonchev–Trinajstić information content (AvgIpc) is 2.76. The van der Waals surface area contributed by atoms with E-state index in [1.165, 1.54) is 5.82 Å². The van der Waals surface area contributed by atoms with Crippen molar-refractivity contribution in [3.05, 3.63) is 30.4 Å². The second-order valence-corrected chi connectivity index (χ2v) is 4.37. The number of hydrogen-bond acceptors (Lipinski definition) is 3. The molecule has 0 atom stereocenters. The van der Waals surface area contributed by atoms with Crippen molar-refractivity contribution in [1.82, 2.24) is 14.5 Å². The molecule has 2 N–H and O–H groups in total. The molecule has 0 radical (unpaired) electrons. The Kier molecular flexibility index (Phi) is 3.74. The maximum Gasteiger partial charge on any atom is 0.122 e. The van der Waals surface area contributed by atoms with Crippen molar-refractivity contribution in [1.29, 1.82) is 0 Å². The third kappa shape index (κ3) is 2.71. The molecule has 1 aliphatic heterocycles. The summed E-state index contributed by atoms with van der Waals surface area (Å²) in [5, 5.41) is 0. The molecule has 4 nitrogen and oxygen atoms in total. The molecular formula is C12H20N4. The van der Waals surface area contributed by atoms with Crippen LogP contribution in [0.15, 0.2) is 24.5 Å². The van der Waals surface area contributed by atoms with E-state index in [1.54, 1.807) is 0 Å². The lowest BCUT2D eigenvalue weighted by atomic mass is 10.1. The molecule has 88 valence electrons. The lowest BCUT2D eigenvalue weighted by Crippen LogP contribution is -2.34. The monoisotopic (exact) mass is 220 g/mol. The Bertz CT molecular complexity index is 356. The largest absolute Gasteiger partial charge is 0.333 e. The van der Waals surface area contributed by atoms with Gasteiger partial charge in [0.1, 0.15) is 5.82 Å². The highest BCUT2D eigenvalue weighted by Gasteiger charge is 2.15. The average molecular weight is 220 g/mol. The van der Waals surface area contributed by atoms with Gasteiger partial charge >= 0.3 is 0 Å². The van der Waals surface area contributed by atoms with Gasteiger partial charge in [-0.1, -0.05) is 12.2 Å².